The van der Waals surface area contributed by atoms with Gasteiger partial charge in [-0.05, 0) is 43.4 Å². The minimum absolute atomic E-state index is 0. The molecule has 1 heterocycles. The number of sulfone groups is 1. The van der Waals surface area contributed by atoms with E-state index >= 15 is 0 Å². The number of aliphatic imine (C=N–C) groups is 1. The SMILES string of the molecule is CCNC(=NCCS(=O)(=O)c1ccccc1F)N1CCC(Cc2ccccc2)C1.I. The third-order valence-corrected chi connectivity index (χ3v) is 6.80. The number of hydrogen-bond donors (Lipinski definition) is 1. The Balaban J connectivity index is 0.00000320. The lowest BCUT2D eigenvalue weighted by Gasteiger charge is -2.21. The van der Waals surface area contributed by atoms with Crippen molar-refractivity contribution < 1.29 is 12.8 Å². The van der Waals surface area contributed by atoms with Crippen molar-refractivity contribution in [1.82, 2.24) is 10.2 Å². The number of nitrogens with zero attached hydrogens (tertiary/aromatic N) is 2. The fourth-order valence-electron chi connectivity index (χ4n) is 3.64. The summed E-state index contributed by atoms with van der Waals surface area (Å²) in [4.78, 5) is 6.43. The van der Waals surface area contributed by atoms with Crippen molar-refractivity contribution in [3.05, 3.63) is 66.0 Å². The Labute approximate surface area is 195 Å². The molecule has 1 aliphatic rings. The first-order valence-corrected chi connectivity index (χ1v) is 11.7. The summed E-state index contributed by atoms with van der Waals surface area (Å²) in [5.74, 6) is 0.339. The predicted molar refractivity (Wildman–Crippen MR) is 130 cm³/mol. The number of hydrogen-bond acceptors (Lipinski definition) is 3. The molecule has 0 bridgehead atoms. The molecular formula is C22H29FIN3O2S. The normalized spacial score (nSPS) is 16.9. The number of benzene rings is 2. The Kier molecular flexibility index (Phi) is 9.54. The summed E-state index contributed by atoms with van der Waals surface area (Å²) in [6.07, 6.45) is 2.10. The first kappa shape index (κ1) is 24.6. The monoisotopic (exact) mass is 545 g/mol. The van der Waals surface area contributed by atoms with E-state index in [0.717, 1.165) is 38.0 Å². The Morgan fingerprint density at radius 2 is 1.87 bits per heavy atom. The number of rotatable bonds is 7. The fraction of sp³-hybridized carbons (Fsp3) is 0.409. The summed E-state index contributed by atoms with van der Waals surface area (Å²) < 4.78 is 38.7. The summed E-state index contributed by atoms with van der Waals surface area (Å²) in [5.41, 5.74) is 1.33. The average Bonchev–Trinajstić information content (AvgIpc) is 3.16. The van der Waals surface area contributed by atoms with Crippen molar-refractivity contribution in [2.75, 3.05) is 31.9 Å². The molecule has 3 rings (SSSR count). The van der Waals surface area contributed by atoms with E-state index in [1.54, 1.807) is 0 Å². The average molecular weight is 545 g/mol. The lowest BCUT2D eigenvalue weighted by atomic mass is 9.99. The topological polar surface area (TPSA) is 61.8 Å². The predicted octanol–water partition coefficient (Wildman–Crippen LogP) is 3.75. The quantitative estimate of drug-likeness (QED) is 0.327. The van der Waals surface area contributed by atoms with Gasteiger partial charge < -0.3 is 10.2 Å². The maximum atomic E-state index is 13.8. The van der Waals surface area contributed by atoms with Crippen molar-refractivity contribution in [3.63, 3.8) is 0 Å². The van der Waals surface area contributed by atoms with E-state index in [0.29, 0.717) is 12.5 Å². The number of nitrogens with one attached hydrogen (secondary N) is 1. The third kappa shape index (κ3) is 6.66. The number of guanidine groups is 1. The van der Waals surface area contributed by atoms with Crippen LogP contribution >= 0.6 is 24.0 Å². The zero-order valence-electron chi connectivity index (χ0n) is 17.1. The van der Waals surface area contributed by atoms with E-state index in [1.807, 2.05) is 13.0 Å². The Hall–Kier alpha value is -1.68. The van der Waals surface area contributed by atoms with Gasteiger partial charge in [0.2, 0.25) is 0 Å². The van der Waals surface area contributed by atoms with E-state index in [9.17, 15) is 12.8 Å². The minimum atomic E-state index is -3.70. The molecule has 1 atom stereocenters. The maximum Gasteiger partial charge on any atom is 0.193 e. The molecule has 2 aromatic carbocycles. The molecule has 5 nitrogen and oxygen atoms in total. The largest absolute Gasteiger partial charge is 0.357 e. The van der Waals surface area contributed by atoms with E-state index in [-0.39, 0.29) is 41.2 Å². The molecule has 1 saturated heterocycles. The van der Waals surface area contributed by atoms with E-state index < -0.39 is 15.7 Å². The van der Waals surface area contributed by atoms with Crippen LogP contribution in [-0.2, 0) is 16.3 Å². The van der Waals surface area contributed by atoms with Crippen molar-refractivity contribution in [1.29, 1.82) is 0 Å². The van der Waals surface area contributed by atoms with Crippen molar-refractivity contribution in [3.8, 4) is 0 Å². The van der Waals surface area contributed by atoms with Crippen LogP contribution in [0.1, 0.15) is 18.9 Å². The van der Waals surface area contributed by atoms with Gasteiger partial charge in [-0.3, -0.25) is 4.99 Å². The van der Waals surface area contributed by atoms with Gasteiger partial charge in [-0.25, -0.2) is 12.8 Å². The number of likely N-dealkylation sites (tertiary alicyclic amines) is 1. The smallest absolute Gasteiger partial charge is 0.193 e. The van der Waals surface area contributed by atoms with Crippen molar-refractivity contribution in [2.24, 2.45) is 10.9 Å². The van der Waals surface area contributed by atoms with Crippen molar-refractivity contribution in [2.45, 2.75) is 24.7 Å². The molecule has 164 valence electrons. The second-order valence-corrected chi connectivity index (χ2v) is 9.35. The zero-order chi connectivity index (χ0) is 20.7. The molecule has 0 amide bonds. The van der Waals surface area contributed by atoms with Crippen LogP contribution in [0.3, 0.4) is 0 Å². The highest BCUT2D eigenvalue weighted by molar-refractivity contribution is 14.0. The Morgan fingerprint density at radius 1 is 1.17 bits per heavy atom. The molecule has 8 heteroatoms. The van der Waals surface area contributed by atoms with Crippen LogP contribution in [0.25, 0.3) is 0 Å². The molecule has 0 aromatic heterocycles. The summed E-state index contributed by atoms with van der Waals surface area (Å²) in [7, 11) is -3.70. The molecule has 2 aromatic rings. The van der Waals surface area contributed by atoms with Gasteiger partial charge in [-0.15, -0.1) is 24.0 Å². The summed E-state index contributed by atoms with van der Waals surface area (Å²) >= 11 is 0. The molecule has 1 fully saturated rings. The van der Waals surface area contributed by atoms with Gasteiger partial charge >= 0.3 is 0 Å². The number of halogens is 2. The molecule has 0 aliphatic carbocycles. The summed E-state index contributed by atoms with van der Waals surface area (Å²) in [6, 6.07) is 15.9. The van der Waals surface area contributed by atoms with Crippen LogP contribution in [0.2, 0.25) is 0 Å². The standard InChI is InChI=1S/C22H28FN3O2S.HI/c1-2-24-22(25-13-15-29(27,28)21-11-7-6-10-20(21)23)26-14-12-19(17-26)16-18-8-4-3-5-9-18;/h3-11,19H,2,12-17H2,1H3,(H,24,25);1H. The minimum Gasteiger partial charge on any atom is -0.357 e. The highest BCUT2D eigenvalue weighted by Crippen LogP contribution is 2.21. The molecule has 0 radical (unpaired) electrons. The van der Waals surface area contributed by atoms with E-state index in [4.69, 9.17) is 0 Å². The Bertz CT molecular complexity index is 938. The molecular weight excluding hydrogens is 516 g/mol. The van der Waals surface area contributed by atoms with Crippen LogP contribution in [0.4, 0.5) is 4.39 Å². The first-order chi connectivity index (χ1) is 14.0. The molecule has 30 heavy (non-hydrogen) atoms. The van der Waals surface area contributed by atoms with Crippen LogP contribution in [0.5, 0.6) is 0 Å². The highest BCUT2D eigenvalue weighted by atomic mass is 127. The lowest BCUT2D eigenvalue weighted by molar-refractivity contribution is 0.460. The van der Waals surface area contributed by atoms with Crippen LogP contribution in [0, 0.1) is 11.7 Å². The van der Waals surface area contributed by atoms with Gasteiger partial charge in [0.15, 0.2) is 15.8 Å². The van der Waals surface area contributed by atoms with Gasteiger partial charge in [0.25, 0.3) is 0 Å². The highest BCUT2D eigenvalue weighted by Gasteiger charge is 2.25. The molecule has 0 spiro atoms. The molecule has 1 unspecified atom stereocenters. The third-order valence-electron chi connectivity index (χ3n) is 5.08. The van der Waals surface area contributed by atoms with Gasteiger partial charge in [-0.1, -0.05) is 42.5 Å². The van der Waals surface area contributed by atoms with Gasteiger partial charge in [0.1, 0.15) is 10.7 Å². The van der Waals surface area contributed by atoms with Crippen LogP contribution in [0.15, 0.2) is 64.5 Å². The lowest BCUT2D eigenvalue weighted by Crippen LogP contribution is -2.40. The van der Waals surface area contributed by atoms with Crippen LogP contribution in [-0.4, -0.2) is 51.2 Å². The van der Waals surface area contributed by atoms with Gasteiger partial charge in [0, 0.05) is 19.6 Å². The molecule has 0 saturated carbocycles. The first-order valence-electron chi connectivity index (χ1n) is 10.0. The van der Waals surface area contributed by atoms with Crippen LogP contribution < -0.4 is 5.32 Å². The van der Waals surface area contributed by atoms with Gasteiger partial charge in [-0.2, -0.15) is 0 Å². The Morgan fingerprint density at radius 3 is 2.57 bits per heavy atom. The second-order valence-electron chi connectivity index (χ2n) is 7.28. The summed E-state index contributed by atoms with van der Waals surface area (Å²) in [5, 5.41) is 3.25. The maximum absolute atomic E-state index is 13.8. The fourth-order valence-corrected chi connectivity index (χ4v) is 4.85. The van der Waals surface area contributed by atoms with E-state index in [2.05, 4.69) is 39.5 Å². The van der Waals surface area contributed by atoms with Crippen molar-refractivity contribution >= 4 is 39.8 Å². The second kappa shape index (κ2) is 11.6. The molecule has 1 N–H and O–H groups in total. The van der Waals surface area contributed by atoms with Gasteiger partial charge in [0.05, 0.1) is 12.3 Å². The zero-order valence-corrected chi connectivity index (χ0v) is 20.3. The summed E-state index contributed by atoms with van der Waals surface area (Å²) in [6.45, 7) is 4.57. The molecule has 1 aliphatic heterocycles. The van der Waals surface area contributed by atoms with E-state index in [1.165, 1.54) is 23.8 Å².